The second-order valence-corrected chi connectivity index (χ2v) is 8.46. The van der Waals surface area contributed by atoms with Crippen LogP contribution in [0.5, 0.6) is 0 Å². The van der Waals surface area contributed by atoms with E-state index in [4.69, 9.17) is 4.42 Å². The second kappa shape index (κ2) is 5.99. The van der Waals surface area contributed by atoms with E-state index in [1.165, 1.54) is 12.0 Å². The lowest BCUT2D eigenvalue weighted by molar-refractivity contribution is -0.164. The summed E-state index contributed by atoms with van der Waals surface area (Å²) in [6.45, 7) is 7.06. The van der Waals surface area contributed by atoms with Crippen molar-refractivity contribution in [2.45, 2.75) is 65.7 Å². The molecule has 5 atom stereocenters. The molecule has 1 aromatic rings. The molecule has 2 aliphatic carbocycles. The third-order valence-corrected chi connectivity index (χ3v) is 7.45. The summed E-state index contributed by atoms with van der Waals surface area (Å²) in [5.74, 6) is 0.423. The van der Waals surface area contributed by atoms with Gasteiger partial charge >= 0.3 is 5.97 Å². The molecule has 23 heavy (non-hydrogen) atoms. The summed E-state index contributed by atoms with van der Waals surface area (Å²) in [6, 6.07) is 2.05. The minimum atomic E-state index is -0.580. The lowest BCUT2D eigenvalue weighted by atomic mass is 9.44. The van der Waals surface area contributed by atoms with Gasteiger partial charge in [-0.25, -0.2) is 0 Å². The Hall–Kier alpha value is -1.25. The zero-order valence-corrected chi connectivity index (χ0v) is 14.7. The van der Waals surface area contributed by atoms with E-state index in [-0.39, 0.29) is 16.7 Å². The summed E-state index contributed by atoms with van der Waals surface area (Å²) >= 11 is 0. The second-order valence-electron chi connectivity index (χ2n) is 8.46. The molecule has 3 rings (SSSR count). The highest BCUT2D eigenvalue weighted by atomic mass is 16.4. The van der Waals surface area contributed by atoms with Gasteiger partial charge < -0.3 is 9.52 Å². The smallest absolute Gasteiger partial charge is 0.307 e. The quantitative estimate of drug-likeness (QED) is 0.834. The van der Waals surface area contributed by atoms with Crippen molar-refractivity contribution in [1.82, 2.24) is 0 Å². The number of fused-ring (bicyclic) bond motifs is 1. The minimum Gasteiger partial charge on any atom is -0.481 e. The normalized spacial score (nSPS) is 40.6. The molecule has 0 radical (unpaired) electrons. The van der Waals surface area contributed by atoms with Crippen molar-refractivity contribution in [2.24, 2.45) is 28.6 Å². The molecule has 0 aromatic carbocycles. The van der Waals surface area contributed by atoms with Gasteiger partial charge in [0.25, 0.3) is 0 Å². The fraction of sp³-hybridized carbons (Fsp3) is 0.750. The Morgan fingerprint density at radius 1 is 1.35 bits per heavy atom. The van der Waals surface area contributed by atoms with Crippen LogP contribution in [-0.4, -0.2) is 11.1 Å². The van der Waals surface area contributed by atoms with Gasteiger partial charge in [-0.3, -0.25) is 4.79 Å². The van der Waals surface area contributed by atoms with Gasteiger partial charge in [0.1, 0.15) is 0 Å². The van der Waals surface area contributed by atoms with Crippen molar-refractivity contribution in [3.63, 3.8) is 0 Å². The highest BCUT2D eigenvalue weighted by Gasteiger charge is 2.57. The Labute approximate surface area is 139 Å². The largest absolute Gasteiger partial charge is 0.481 e. The number of rotatable bonds is 4. The summed E-state index contributed by atoms with van der Waals surface area (Å²) < 4.78 is 5.21. The Balaban J connectivity index is 1.86. The van der Waals surface area contributed by atoms with Crippen LogP contribution in [0.25, 0.3) is 0 Å². The van der Waals surface area contributed by atoms with Crippen molar-refractivity contribution in [1.29, 1.82) is 0 Å². The molecular weight excluding hydrogens is 288 g/mol. The molecule has 0 amide bonds. The zero-order valence-electron chi connectivity index (χ0n) is 14.7. The van der Waals surface area contributed by atoms with Gasteiger partial charge in [0.2, 0.25) is 0 Å². The Kier molecular flexibility index (Phi) is 4.33. The van der Waals surface area contributed by atoms with E-state index < -0.39 is 5.97 Å². The molecule has 2 aliphatic rings. The van der Waals surface area contributed by atoms with Crippen LogP contribution in [0.15, 0.2) is 23.0 Å². The fourth-order valence-electron chi connectivity index (χ4n) is 5.74. The summed E-state index contributed by atoms with van der Waals surface area (Å²) in [7, 11) is 0. The maximum Gasteiger partial charge on any atom is 0.307 e. The first-order valence-electron chi connectivity index (χ1n) is 9.12. The standard InChI is InChI=1S/C20H30O3/c1-14-7-10-20(3)16(18(21)22)5-4-6-17(20)19(14,2)11-8-15-9-12-23-13-15/h9,12-14,16-17H,4-8,10-11H2,1-3H3,(H,21,22). The van der Waals surface area contributed by atoms with E-state index in [9.17, 15) is 9.90 Å². The van der Waals surface area contributed by atoms with Crippen LogP contribution in [0, 0.1) is 28.6 Å². The lowest BCUT2D eigenvalue weighted by Gasteiger charge is -2.60. The minimum absolute atomic E-state index is 0.0399. The molecule has 0 saturated heterocycles. The van der Waals surface area contributed by atoms with Crippen molar-refractivity contribution >= 4 is 5.97 Å². The highest BCUT2D eigenvalue weighted by Crippen LogP contribution is 2.63. The fourth-order valence-corrected chi connectivity index (χ4v) is 5.74. The summed E-state index contributed by atoms with van der Waals surface area (Å²) in [5.41, 5.74) is 1.44. The number of hydrogen-bond acceptors (Lipinski definition) is 2. The van der Waals surface area contributed by atoms with Crippen LogP contribution in [-0.2, 0) is 11.2 Å². The van der Waals surface area contributed by atoms with Crippen LogP contribution in [0.3, 0.4) is 0 Å². The van der Waals surface area contributed by atoms with Crippen LogP contribution in [0.2, 0.25) is 0 Å². The van der Waals surface area contributed by atoms with Gasteiger partial charge in [-0.15, -0.1) is 0 Å². The van der Waals surface area contributed by atoms with Crippen molar-refractivity contribution < 1.29 is 14.3 Å². The summed E-state index contributed by atoms with van der Waals surface area (Å²) in [5, 5.41) is 9.75. The number of carboxylic acid groups (broad SMARTS) is 1. The highest BCUT2D eigenvalue weighted by molar-refractivity contribution is 5.71. The molecule has 0 bridgehead atoms. The number of furan rings is 1. The van der Waals surface area contributed by atoms with Crippen LogP contribution < -0.4 is 0 Å². The first-order chi connectivity index (χ1) is 10.9. The van der Waals surface area contributed by atoms with Gasteiger partial charge in [-0.2, -0.15) is 0 Å². The Bertz CT molecular complexity index is 549. The molecule has 128 valence electrons. The summed E-state index contributed by atoms with van der Waals surface area (Å²) in [4.78, 5) is 11.8. The molecule has 2 fully saturated rings. The molecule has 3 nitrogen and oxygen atoms in total. The maximum atomic E-state index is 11.8. The van der Waals surface area contributed by atoms with E-state index in [0.29, 0.717) is 11.8 Å². The van der Waals surface area contributed by atoms with Gasteiger partial charge in [-0.05, 0) is 72.8 Å². The average Bonchev–Trinajstić information content (AvgIpc) is 3.02. The topological polar surface area (TPSA) is 50.4 Å². The molecular formula is C20H30O3. The average molecular weight is 318 g/mol. The monoisotopic (exact) mass is 318 g/mol. The number of carbonyl (C=O) groups is 1. The van der Waals surface area contributed by atoms with Crippen molar-refractivity contribution in [3.8, 4) is 0 Å². The summed E-state index contributed by atoms with van der Waals surface area (Å²) in [6.07, 6.45) is 11.1. The van der Waals surface area contributed by atoms with E-state index in [2.05, 4.69) is 26.8 Å². The first-order valence-corrected chi connectivity index (χ1v) is 9.12. The third kappa shape index (κ3) is 2.72. The zero-order chi connectivity index (χ0) is 16.7. The molecule has 3 heteroatoms. The molecule has 2 saturated carbocycles. The van der Waals surface area contributed by atoms with E-state index in [0.717, 1.165) is 38.5 Å². The molecule has 1 N–H and O–H groups in total. The van der Waals surface area contributed by atoms with Crippen LogP contribution >= 0.6 is 0 Å². The van der Waals surface area contributed by atoms with Gasteiger partial charge in [-0.1, -0.05) is 27.2 Å². The van der Waals surface area contributed by atoms with Crippen LogP contribution in [0.4, 0.5) is 0 Å². The predicted molar refractivity (Wildman–Crippen MR) is 90.1 cm³/mol. The molecule has 0 spiro atoms. The van der Waals surface area contributed by atoms with Crippen molar-refractivity contribution in [2.75, 3.05) is 0 Å². The van der Waals surface area contributed by atoms with E-state index in [1.807, 2.05) is 6.26 Å². The molecule has 0 aliphatic heterocycles. The maximum absolute atomic E-state index is 11.8. The number of aryl methyl sites for hydroxylation is 1. The SMILES string of the molecule is CC1CCC2(C)C(C(=O)O)CCCC2C1(C)CCc1ccoc1. The number of hydrogen-bond donors (Lipinski definition) is 1. The molecule has 5 unspecified atom stereocenters. The lowest BCUT2D eigenvalue weighted by Crippen LogP contribution is -2.54. The van der Waals surface area contributed by atoms with Gasteiger partial charge in [0.05, 0.1) is 18.4 Å². The first kappa shape index (κ1) is 16.6. The molecule has 1 aromatic heterocycles. The number of aliphatic carboxylic acids is 1. The van der Waals surface area contributed by atoms with Crippen LogP contribution in [0.1, 0.15) is 64.9 Å². The molecule has 1 heterocycles. The van der Waals surface area contributed by atoms with E-state index in [1.54, 1.807) is 6.26 Å². The van der Waals surface area contributed by atoms with Crippen molar-refractivity contribution in [3.05, 3.63) is 24.2 Å². The Morgan fingerprint density at radius 3 is 2.78 bits per heavy atom. The number of carboxylic acids is 1. The van der Waals surface area contributed by atoms with E-state index >= 15 is 0 Å². The van der Waals surface area contributed by atoms with Gasteiger partial charge in [0, 0.05) is 0 Å². The Morgan fingerprint density at radius 2 is 2.13 bits per heavy atom. The van der Waals surface area contributed by atoms with Gasteiger partial charge in [0.15, 0.2) is 0 Å². The predicted octanol–water partition coefficient (Wildman–Crippen LogP) is 5.16. The third-order valence-electron chi connectivity index (χ3n) is 7.45.